The molecule has 33 heavy (non-hydrogen) atoms. The van der Waals surface area contributed by atoms with Crippen molar-refractivity contribution < 1.29 is 9.59 Å². The summed E-state index contributed by atoms with van der Waals surface area (Å²) in [5.74, 6) is 0.157. The van der Waals surface area contributed by atoms with Crippen molar-refractivity contribution in [2.75, 3.05) is 31.5 Å². The second-order valence-corrected chi connectivity index (χ2v) is 9.66. The number of hydrogen-bond acceptors (Lipinski definition) is 3. The van der Waals surface area contributed by atoms with E-state index in [0.29, 0.717) is 27.3 Å². The van der Waals surface area contributed by atoms with Gasteiger partial charge in [-0.2, -0.15) is 0 Å². The molecule has 1 heterocycles. The number of amides is 3. The Bertz CT molecular complexity index is 927. The fourth-order valence-corrected chi connectivity index (χ4v) is 4.72. The predicted molar refractivity (Wildman–Crippen MR) is 136 cm³/mol. The lowest BCUT2D eigenvalue weighted by Crippen LogP contribution is -2.44. The van der Waals surface area contributed by atoms with Crippen LogP contribution in [-0.4, -0.2) is 49.1 Å². The highest BCUT2D eigenvalue weighted by atomic mass is 35.5. The zero-order valence-corrected chi connectivity index (χ0v) is 20.8. The third-order valence-electron chi connectivity index (χ3n) is 5.76. The van der Waals surface area contributed by atoms with Crippen LogP contribution in [0, 0.1) is 0 Å². The quantitative estimate of drug-likeness (QED) is 0.435. The van der Waals surface area contributed by atoms with Crippen LogP contribution < -0.4 is 16.0 Å². The molecule has 0 aromatic heterocycles. The van der Waals surface area contributed by atoms with Gasteiger partial charge in [0.1, 0.15) is 0 Å². The average molecular weight is 512 g/mol. The number of urea groups is 1. The molecule has 3 amide bonds. The second-order valence-electron chi connectivity index (χ2n) is 8.35. The van der Waals surface area contributed by atoms with Crippen molar-refractivity contribution in [1.29, 1.82) is 0 Å². The first-order valence-electron chi connectivity index (χ1n) is 11.0. The van der Waals surface area contributed by atoms with Crippen molar-refractivity contribution in [3.05, 3.63) is 63.1 Å². The van der Waals surface area contributed by atoms with Crippen LogP contribution in [0.4, 0.5) is 10.5 Å². The number of halogens is 3. The zero-order valence-electron chi connectivity index (χ0n) is 18.5. The van der Waals surface area contributed by atoms with Crippen LogP contribution in [0.2, 0.25) is 15.1 Å². The fraction of sp³-hybridized carbons (Fsp3) is 0.417. The molecular formula is C24H29Cl3N4O2. The standard InChI is InChI=1S/C24H29Cl3N4O2/c1-16(32)29-22-7-10-31(11-8-22)9-6-18(17-2-4-19(25)5-3-17)15-28-24(33)30-23-13-20(26)12-21(27)14-23/h2-5,12-14,18,22H,6-11,15H2,1H3,(H,29,32)(H2,28,30,33). The monoisotopic (exact) mass is 510 g/mol. The van der Waals surface area contributed by atoms with E-state index in [4.69, 9.17) is 34.8 Å². The number of piperidine rings is 1. The van der Waals surface area contributed by atoms with Gasteiger partial charge in [-0.05, 0) is 61.7 Å². The maximum atomic E-state index is 12.5. The predicted octanol–water partition coefficient (Wildman–Crippen LogP) is 5.54. The smallest absolute Gasteiger partial charge is 0.319 e. The Balaban J connectivity index is 1.55. The number of carbonyl (C=O) groups is 2. The molecule has 2 aromatic carbocycles. The van der Waals surface area contributed by atoms with Gasteiger partial charge in [-0.3, -0.25) is 4.79 Å². The number of carbonyl (C=O) groups excluding carboxylic acids is 2. The molecule has 1 saturated heterocycles. The van der Waals surface area contributed by atoms with Crippen LogP contribution in [0.5, 0.6) is 0 Å². The van der Waals surface area contributed by atoms with Crippen LogP contribution in [0.15, 0.2) is 42.5 Å². The first-order chi connectivity index (χ1) is 15.8. The Kier molecular flexibility index (Phi) is 9.68. The van der Waals surface area contributed by atoms with E-state index in [0.717, 1.165) is 44.5 Å². The third-order valence-corrected chi connectivity index (χ3v) is 6.45. The molecule has 1 aliphatic heterocycles. The van der Waals surface area contributed by atoms with Gasteiger partial charge in [0.15, 0.2) is 0 Å². The van der Waals surface area contributed by atoms with Gasteiger partial charge < -0.3 is 20.9 Å². The number of likely N-dealkylation sites (tertiary alicyclic amines) is 1. The number of hydrogen-bond donors (Lipinski definition) is 3. The molecule has 3 N–H and O–H groups in total. The molecule has 1 aliphatic rings. The maximum absolute atomic E-state index is 12.5. The molecule has 9 heteroatoms. The Labute approximate surface area is 210 Å². The van der Waals surface area contributed by atoms with Gasteiger partial charge in [-0.15, -0.1) is 0 Å². The molecule has 1 fully saturated rings. The second kappa shape index (κ2) is 12.5. The molecule has 6 nitrogen and oxygen atoms in total. The summed E-state index contributed by atoms with van der Waals surface area (Å²) in [6.45, 7) is 4.84. The molecule has 1 unspecified atom stereocenters. The first kappa shape index (κ1) is 25.6. The van der Waals surface area contributed by atoms with E-state index in [1.807, 2.05) is 24.3 Å². The molecule has 0 bridgehead atoms. The lowest BCUT2D eigenvalue weighted by Gasteiger charge is -2.33. The highest BCUT2D eigenvalue weighted by molar-refractivity contribution is 6.35. The van der Waals surface area contributed by atoms with Crippen molar-refractivity contribution >= 4 is 52.4 Å². The maximum Gasteiger partial charge on any atom is 0.319 e. The van der Waals surface area contributed by atoms with Crippen molar-refractivity contribution in [1.82, 2.24) is 15.5 Å². The van der Waals surface area contributed by atoms with Crippen LogP contribution in [0.1, 0.15) is 37.7 Å². The molecule has 0 radical (unpaired) electrons. The Hall–Kier alpha value is -1.99. The van der Waals surface area contributed by atoms with E-state index in [9.17, 15) is 9.59 Å². The summed E-state index contributed by atoms with van der Waals surface area (Å²) >= 11 is 18.1. The van der Waals surface area contributed by atoms with E-state index in [1.165, 1.54) is 0 Å². The van der Waals surface area contributed by atoms with Crippen LogP contribution in [0.3, 0.4) is 0 Å². The topological polar surface area (TPSA) is 73.5 Å². The van der Waals surface area contributed by atoms with E-state index in [1.54, 1.807) is 25.1 Å². The van der Waals surface area contributed by atoms with Gasteiger partial charge in [0.05, 0.1) is 0 Å². The largest absolute Gasteiger partial charge is 0.354 e. The lowest BCUT2D eigenvalue weighted by molar-refractivity contribution is -0.119. The minimum atomic E-state index is -0.316. The number of rotatable bonds is 8. The van der Waals surface area contributed by atoms with Gasteiger partial charge in [0.2, 0.25) is 5.91 Å². The number of benzene rings is 2. The molecule has 0 spiro atoms. The van der Waals surface area contributed by atoms with E-state index >= 15 is 0 Å². The lowest BCUT2D eigenvalue weighted by atomic mass is 9.94. The van der Waals surface area contributed by atoms with Gasteiger partial charge in [0.25, 0.3) is 0 Å². The average Bonchev–Trinajstić information content (AvgIpc) is 2.74. The van der Waals surface area contributed by atoms with Crippen LogP contribution in [0.25, 0.3) is 0 Å². The summed E-state index contributed by atoms with van der Waals surface area (Å²) in [5.41, 5.74) is 1.66. The molecule has 2 aromatic rings. The minimum Gasteiger partial charge on any atom is -0.354 e. The summed E-state index contributed by atoms with van der Waals surface area (Å²) in [7, 11) is 0. The number of anilines is 1. The van der Waals surface area contributed by atoms with Crippen LogP contribution in [-0.2, 0) is 4.79 Å². The minimum absolute atomic E-state index is 0.0284. The molecule has 0 aliphatic carbocycles. The molecule has 178 valence electrons. The first-order valence-corrected chi connectivity index (χ1v) is 12.2. The van der Waals surface area contributed by atoms with Gasteiger partial charge in [-0.25, -0.2) is 4.79 Å². The van der Waals surface area contributed by atoms with Crippen LogP contribution >= 0.6 is 34.8 Å². The third kappa shape index (κ3) is 8.70. The fourth-order valence-electron chi connectivity index (χ4n) is 4.07. The molecular weight excluding hydrogens is 483 g/mol. The summed E-state index contributed by atoms with van der Waals surface area (Å²) < 4.78 is 0. The number of nitrogens with zero attached hydrogens (tertiary/aromatic N) is 1. The highest BCUT2D eigenvalue weighted by Gasteiger charge is 2.21. The van der Waals surface area contributed by atoms with E-state index in [-0.39, 0.29) is 23.9 Å². The van der Waals surface area contributed by atoms with Crippen molar-refractivity contribution in [2.45, 2.75) is 38.1 Å². The van der Waals surface area contributed by atoms with Crippen molar-refractivity contribution in [2.24, 2.45) is 0 Å². The Morgan fingerprint density at radius 3 is 2.24 bits per heavy atom. The van der Waals surface area contributed by atoms with Gasteiger partial charge in [0, 0.05) is 59.3 Å². The van der Waals surface area contributed by atoms with Crippen molar-refractivity contribution in [3.8, 4) is 0 Å². The summed E-state index contributed by atoms with van der Waals surface area (Å²) in [6, 6.07) is 12.6. The summed E-state index contributed by atoms with van der Waals surface area (Å²) in [6.07, 6.45) is 2.79. The van der Waals surface area contributed by atoms with E-state index in [2.05, 4.69) is 20.9 Å². The number of nitrogens with one attached hydrogen (secondary N) is 3. The molecule has 3 rings (SSSR count). The van der Waals surface area contributed by atoms with Gasteiger partial charge in [-0.1, -0.05) is 46.9 Å². The zero-order chi connectivity index (χ0) is 23.8. The Morgan fingerprint density at radius 2 is 1.64 bits per heavy atom. The highest BCUT2D eigenvalue weighted by Crippen LogP contribution is 2.24. The van der Waals surface area contributed by atoms with Gasteiger partial charge >= 0.3 is 6.03 Å². The molecule has 0 saturated carbocycles. The SMILES string of the molecule is CC(=O)NC1CCN(CCC(CNC(=O)Nc2cc(Cl)cc(Cl)c2)c2ccc(Cl)cc2)CC1. The summed E-state index contributed by atoms with van der Waals surface area (Å²) in [5, 5.41) is 10.4. The van der Waals surface area contributed by atoms with E-state index < -0.39 is 0 Å². The van der Waals surface area contributed by atoms with Crippen molar-refractivity contribution in [3.63, 3.8) is 0 Å². The normalized spacial score (nSPS) is 15.6. The molecule has 1 atom stereocenters. The Morgan fingerprint density at radius 1 is 1.00 bits per heavy atom. The summed E-state index contributed by atoms with van der Waals surface area (Å²) in [4.78, 5) is 26.2.